The lowest BCUT2D eigenvalue weighted by Gasteiger charge is -2.11. The van der Waals surface area contributed by atoms with Gasteiger partial charge in [-0.15, -0.1) is 0 Å². The van der Waals surface area contributed by atoms with Gasteiger partial charge >= 0.3 is 0 Å². The lowest BCUT2D eigenvalue weighted by atomic mass is 9.98. The number of benzene rings is 3. The Morgan fingerprint density at radius 1 is 0.789 bits per heavy atom. The Hall–Kier alpha value is -1.99. The molecule has 0 amide bonds. The van der Waals surface area contributed by atoms with Crippen LogP contribution < -0.4 is 4.42 Å². The van der Waals surface area contributed by atoms with Crippen molar-refractivity contribution in [3.8, 4) is 11.1 Å². The second kappa shape index (κ2) is 4.94. The van der Waals surface area contributed by atoms with Gasteiger partial charge in [-0.05, 0) is 34.0 Å². The van der Waals surface area contributed by atoms with Crippen LogP contribution in [0.1, 0.15) is 0 Å². The third-order valence-electron chi connectivity index (χ3n) is 3.32. The predicted octanol–water partition coefficient (Wildman–Crippen LogP) is 5.10. The van der Waals surface area contributed by atoms with Crippen molar-refractivity contribution in [2.24, 2.45) is 0 Å². The van der Waals surface area contributed by atoms with Crippen molar-refractivity contribution in [2.75, 3.05) is 11.5 Å². The van der Waals surface area contributed by atoms with Gasteiger partial charge in [0.25, 0.3) is 0 Å². The molecule has 0 unspecified atom stereocenters. The number of fused-ring (bicyclic) bond motifs is 1. The highest BCUT2D eigenvalue weighted by Gasteiger charge is 2.04. The molecule has 0 aliphatic carbocycles. The second-order valence-corrected chi connectivity index (χ2v) is 5.06. The molecule has 0 aliphatic heterocycles. The quantitative estimate of drug-likeness (QED) is 0.584. The van der Waals surface area contributed by atoms with Crippen molar-refractivity contribution in [1.82, 2.24) is 0 Å². The summed E-state index contributed by atoms with van der Waals surface area (Å²) >= 11 is 5.93. The molecule has 1 nitrogen and oxygen atoms in total. The standard InChI is InChI=1S/C17H14ClN/c1-19(18)15-11-9-14(10-12-15)17-8-4-6-13-5-2-3-7-16(13)17/h2-12H,1H3. The third-order valence-corrected chi connectivity index (χ3v) is 3.52. The Labute approximate surface area is 118 Å². The van der Waals surface area contributed by atoms with Crippen molar-refractivity contribution >= 4 is 28.2 Å². The maximum Gasteiger partial charge on any atom is 0.0520 e. The fourth-order valence-electron chi connectivity index (χ4n) is 2.32. The van der Waals surface area contributed by atoms with E-state index in [1.165, 1.54) is 21.9 Å². The molecule has 3 aromatic carbocycles. The number of rotatable bonds is 2. The minimum atomic E-state index is 0.991. The van der Waals surface area contributed by atoms with Gasteiger partial charge < -0.3 is 0 Å². The zero-order chi connectivity index (χ0) is 13.2. The first-order valence-corrected chi connectivity index (χ1v) is 6.57. The molecule has 3 rings (SSSR count). The van der Waals surface area contributed by atoms with E-state index in [0.717, 1.165) is 5.69 Å². The van der Waals surface area contributed by atoms with Gasteiger partial charge in [0.1, 0.15) is 0 Å². The van der Waals surface area contributed by atoms with Crippen LogP contribution in [0, 0.1) is 0 Å². The summed E-state index contributed by atoms with van der Waals surface area (Å²) in [6, 6.07) is 23.1. The second-order valence-electron chi connectivity index (χ2n) is 4.55. The Bertz CT molecular complexity index is 697. The highest BCUT2D eigenvalue weighted by atomic mass is 35.5. The molecular weight excluding hydrogens is 254 g/mol. The van der Waals surface area contributed by atoms with Gasteiger partial charge in [0.2, 0.25) is 0 Å². The summed E-state index contributed by atoms with van der Waals surface area (Å²) in [5.74, 6) is 0. The number of nitrogens with zero attached hydrogens (tertiary/aromatic N) is 1. The zero-order valence-corrected chi connectivity index (χ0v) is 11.4. The van der Waals surface area contributed by atoms with Crippen LogP contribution in [-0.4, -0.2) is 7.05 Å². The molecule has 0 aliphatic rings. The van der Waals surface area contributed by atoms with Gasteiger partial charge in [0, 0.05) is 18.8 Å². The first-order chi connectivity index (χ1) is 9.25. The zero-order valence-electron chi connectivity index (χ0n) is 10.7. The van der Waals surface area contributed by atoms with Crippen molar-refractivity contribution in [3.05, 3.63) is 66.7 Å². The molecule has 0 saturated carbocycles. The molecule has 0 aromatic heterocycles. The number of hydrogen-bond acceptors (Lipinski definition) is 1. The van der Waals surface area contributed by atoms with Gasteiger partial charge in [-0.3, -0.25) is 4.42 Å². The van der Waals surface area contributed by atoms with Gasteiger partial charge in [-0.2, -0.15) is 0 Å². The summed E-state index contributed by atoms with van der Waals surface area (Å²) < 4.78 is 1.59. The van der Waals surface area contributed by atoms with Crippen molar-refractivity contribution in [2.45, 2.75) is 0 Å². The van der Waals surface area contributed by atoms with E-state index in [9.17, 15) is 0 Å². The maximum atomic E-state index is 5.93. The molecule has 0 fully saturated rings. The summed E-state index contributed by atoms with van der Waals surface area (Å²) in [7, 11) is 1.83. The smallest absolute Gasteiger partial charge is 0.0520 e. The van der Waals surface area contributed by atoms with Crippen LogP contribution in [0.3, 0.4) is 0 Å². The van der Waals surface area contributed by atoms with Crippen molar-refractivity contribution in [1.29, 1.82) is 0 Å². The van der Waals surface area contributed by atoms with Gasteiger partial charge in [-0.25, -0.2) is 0 Å². The summed E-state index contributed by atoms with van der Waals surface area (Å²) in [6.07, 6.45) is 0. The van der Waals surface area contributed by atoms with Gasteiger partial charge in [0.05, 0.1) is 5.69 Å². The van der Waals surface area contributed by atoms with Crippen LogP contribution in [0.25, 0.3) is 21.9 Å². The minimum absolute atomic E-state index is 0.991. The molecule has 0 radical (unpaired) electrons. The van der Waals surface area contributed by atoms with E-state index in [1.54, 1.807) is 4.42 Å². The van der Waals surface area contributed by atoms with Crippen molar-refractivity contribution in [3.63, 3.8) is 0 Å². The van der Waals surface area contributed by atoms with Crippen LogP contribution in [0.4, 0.5) is 5.69 Å². The number of halogens is 1. The molecular formula is C17H14ClN. The molecule has 2 heteroatoms. The summed E-state index contributed by atoms with van der Waals surface area (Å²) in [5.41, 5.74) is 3.45. The van der Waals surface area contributed by atoms with Crippen LogP contribution >= 0.6 is 11.8 Å². The first-order valence-electron chi connectivity index (χ1n) is 6.23. The summed E-state index contributed by atoms with van der Waals surface area (Å²) in [6.45, 7) is 0. The Balaban J connectivity index is 2.14. The molecule has 19 heavy (non-hydrogen) atoms. The average Bonchev–Trinajstić information content (AvgIpc) is 2.47. The van der Waals surface area contributed by atoms with E-state index < -0.39 is 0 Å². The molecule has 3 aromatic rings. The fourth-order valence-corrected chi connectivity index (χ4v) is 2.44. The largest absolute Gasteiger partial charge is 0.288 e. The van der Waals surface area contributed by atoms with E-state index in [-0.39, 0.29) is 0 Å². The molecule has 0 spiro atoms. The monoisotopic (exact) mass is 267 g/mol. The first kappa shape index (κ1) is 12.1. The van der Waals surface area contributed by atoms with Gasteiger partial charge in [-0.1, -0.05) is 54.6 Å². The highest BCUT2D eigenvalue weighted by Crippen LogP contribution is 2.29. The van der Waals surface area contributed by atoms with E-state index in [4.69, 9.17) is 11.8 Å². The van der Waals surface area contributed by atoms with E-state index >= 15 is 0 Å². The average molecular weight is 268 g/mol. The normalized spacial score (nSPS) is 10.6. The van der Waals surface area contributed by atoms with Gasteiger partial charge in [0.15, 0.2) is 0 Å². The van der Waals surface area contributed by atoms with Crippen LogP contribution in [-0.2, 0) is 0 Å². The molecule has 0 bridgehead atoms. The van der Waals surface area contributed by atoms with E-state index in [0.29, 0.717) is 0 Å². The lowest BCUT2D eigenvalue weighted by molar-refractivity contribution is 1.34. The Kier molecular flexibility index (Phi) is 3.14. The Morgan fingerprint density at radius 2 is 1.47 bits per heavy atom. The molecule has 94 valence electrons. The summed E-state index contributed by atoms with van der Waals surface area (Å²) in [5, 5.41) is 2.54. The minimum Gasteiger partial charge on any atom is -0.288 e. The van der Waals surface area contributed by atoms with Crippen LogP contribution in [0.2, 0.25) is 0 Å². The Morgan fingerprint density at radius 3 is 2.21 bits per heavy atom. The lowest BCUT2D eigenvalue weighted by Crippen LogP contribution is -1.99. The fraction of sp³-hybridized carbons (Fsp3) is 0.0588. The topological polar surface area (TPSA) is 3.24 Å². The molecule has 0 N–H and O–H groups in total. The number of hydrogen-bond donors (Lipinski definition) is 0. The SMILES string of the molecule is CN(Cl)c1ccc(-c2cccc3ccccc23)cc1. The number of anilines is 1. The van der Waals surface area contributed by atoms with E-state index in [1.807, 2.05) is 19.2 Å². The molecule has 0 heterocycles. The molecule has 0 saturated heterocycles. The van der Waals surface area contributed by atoms with Crippen molar-refractivity contribution < 1.29 is 0 Å². The maximum absolute atomic E-state index is 5.93. The summed E-state index contributed by atoms with van der Waals surface area (Å²) in [4.78, 5) is 0. The molecule has 0 atom stereocenters. The highest BCUT2D eigenvalue weighted by molar-refractivity contribution is 6.25. The predicted molar refractivity (Wildman–Crippen MR) is 83.6 cm³/mol. The third kappa shape index (κ3) is 2.29. The van der Waals surface area contributed by atoms with E-state index in [2.05, 4.69) is 54.6 Å². The van der Waals surface area contributed by atoms with Crippen LogP contribution in [0.15, 0.2) is 66.7 Å². The van der Waals surface area contributed by atoms with Crippen LogP contribution in [0.5, 0.6) is 0 Å².